The molecule has 8 heteroatoms. The second-order valence-electron chi connectivity index (χ2n) is 5.86. The fourth-order valence-corrected chi connectivity index (χ4v) is 4.45. The molecule has 134 valence electrons. The van der Waals surface area contributed by atoms with Crippen molar-refractivity contribution in [1.29, 1.82) is 0 Å². The van der Waals surface area contributed by atoms with Crippen molar-refractivity contribution in [3.05, 3.63) is 41.1 Å². The van der Waals surface area contributed by atoms with E-state index in [9.17, 15) is 13.2 Å². The fourth-order valence-electron chi connectivity index (χ4n) is 2.99. The molecule has 0 fully saturated rings. The third-order valence-corrected chi connectivity index (χ3v) is 6.46. The van der Waals surface area contributed by atoms with Crippen molar-refractivity contribution in [1.82, 2.24) is 9.46 Å². The average Bonchev–Trinajstić information content (AvgIpc) is 3.21. The lowest BCUT2D eigenvalue weighted by Crippen LogP contribution is -2.30. The summed E-state index contributed by atoms with van der Waals surface area (Å²) in [6.45, 7) is 4.38. The molecule has 25 heavy (non-hydrogen) atoms. The van der Waals surface area contributed by atoms with Gasteiger partial charge in [-0.1, -0.05) is 19.0 Å². The van der Waals surface area contributed by atoms with E-state index in [0.717, 1.165) is 30.5 Å². The molecular weight excluding hydrogens is 342 g/mol. The summed E-state index contributed by atoms with van der Waals surface area (Å²) in [6.07, 6.45) is 2.72. The Morgan fingerprint density at radius 3 is 2.52 bits per heavy atom. The Morgan fingerprint density at radius 1 is 1.20 bits per heavy atom. The highest BCUT2D eigenvalue weighted by atomic mass is 32.2. The molecule has 0 unspecified atom stereocenters. The van der Waals surface area contributed by atoms with Crippen LogP contribution in [0.5, 0.6) is 0 Å². The third-order valence-electron chi connectivity index (χ3n) is 4.40. The molecule has 1 aromatic carbocycles. The molecule has 1 aliphatic carbocycles. The number of amides is 1. The average molecular weight is 363 g/mol. The Kier molecular flexibility index (Phi) is 4.91. The fraction of sp³-hybridized carbons (Fsp3) is 0.412. The van der Waals surface area contributed by atoms with E-state index < -0.39 is 10.0 Å². The van der Waals surface area contributed by atoms with Gasteiger partial charge >= 0.3 is 0 Å². The van der Waals surface area contributed by atoms with Gasteiger partial charge in [0.2, 0.25) is 15.9 Å². The van der Waals surface area contributed by atoms with Crippen LogP contribution >= 0.6 is 0 Å². The van der Waals surface area contributed by atoms with Crippen LogP contribution in [0.4, 0.5) is 5.88 Å². The van der Waals surface area contributed by atoms with Gasteiger partial charge in [0.1, 0.15) is 0 Å². The molecule has 0 radical (unpaired) electrons. The standard InChI is InChI=1S/C17H21N3O4S/c1-3-20(4-2)25(22,23)13-10-8-12(9-11-13)16(21)18-17-14-6-5-7-15(14)19-24-17/h8-11H,3-7H2,1-2H3,(H,18,21). The lowest BCUT2D eigenvalue weighted by Gasteiger charge is -2.18. The van der Waals surface area contributed by atoms with Crippen molar-refractivity contribution < 1.29 is 17.7 Å². The van der Waals surface area contributed by atoms with Crippen molar-refractivity contribution in [2.24, 2.45) is 0 Å². The van der Waals surface area contributed by atoms with Gasteiger partial charge in [-0.15, -0.1) is 0 Å². The van der Waals surface area contributed by atoms with Crippen LogP contribution < -0.4 is 5.32 Å². The molecule has 1 aromatic heterocycles. The third kappa shape index (κ3) is 3.32. The molecule has 1 amide bonds. The topological polar surface area (TPSA) is 92.5 Å². The summed E-state index contributed by atoms with van der Waals surface area (Å²) in [6, 6.07) is 5.91. The van der Waals surface area contributed by atoms with E-state index in [1.54, 1.807) is 13.8 Å². The van der Waals surface area contributed by atoms with Crippen LogP contribution in [-0.4, -0.2) is 36.9 Å². The first-order valence-corrected chi connectivity index (χ1v) is 9.80. The van der Waals surface area contributed by atoms with Gasteiger partial charge in [-0.05, 0) is 43.5 Å². The quantitative estimate of drug-likeness (QED) is 0.851. The van der Waals surface area contributed by atoms with Gasteiger partial charge in [0.25, 0.3) is 5.91 Å². The molecule has 7 nitrogen and oxygen atoms in total. The van der Waals surface area contributed by atoms with E-state index in [1.807, 2.05) is 0 Å². The number of fused-ring (bicyclic) bond motifs is 1. The summed E-state index contributed by atoms with van der Waals surface area (Å²) in [5, 5.41) is 6.67. The molecule has 0 spiro atoms. The molecule has 1 N–H and O–H groups in total. The lowest BCUT2D eigenvalue weighted by molar-refractivity contribution is 0.102. The summed E-state index contributed by atoms with van der Waals surface area (Å²) in [5.41, 5.74) is 2.21. The number of carbonyl (C=O) groups is 1. The number of benzene rings is 1. The minimum atomic E-state index is -3.53. The summed E-state index contributed by atoms with van der Waals surface area (Å²) < 4.78 is 31.5. The maximum atomic E-state index is 12.5. The van der Waals surface area contributed by atoms with Gasteiger partial charge in [0.05, 0.1) is 10.6 Å². The summed E-state index contributed by atoms with van der Waals surface area (Å²) >= 11 is 0. The molecule has 0 saturated heterocycles. The number of nitrogens with one attached hydrogen (secondary N) is 1. The van der Waals surface area contributed by atoms with Crippen LogP contribution in [0.2, 0.25) is 0 Å². The van der Waals surface area contributed by atoms with Crippen molar-refractivity contribution in [2.75, 3.05) is 18.4 Å². The zero-order valence-corrected chi connectivity index (χ0v) is 15.1. The minimum Gasteiger partial charge on any atom is -0.338 e. The molecule has 0 atom stereocenters. The van der Waals surface area contributed by atoms with Crippen molar-refractivity contribution in [3.63, 3.8) is 0 Å². The minimum absolute atomic E-state index is 0.174. The molecule has 0 bridgehead atoms. The number of hydrogen-bond acceptors (Lipinski definition) is 5. The first-order valence-electron chi connectivity index (χ1n) is 8.36. The van der Waals surface area contributed by atoms with E-state index >= 15 is 0 Å². The molecule has 0 saturated carbocycles. The van der Waals surface area contributed by atoms with Crippen LogP contribution in [0.15, 0.2) is 33.7 Å². The smallest absolute Gasteiger partial charge is 0.258 e. The lowest BCUT2D eigenvalue weighted by atomic mass is 10.2. The molecule has 1 aliphatic rings. The maximum Gasteiger partial charge on any atom is 0.258 e. The van der Waals surface area contributed by atoms with Gasteiger partial charge < -0.3 is 4.52 Å². The van der Waals surface area contributed by atoms with E-state index in [2.05, 4.69) is 10.5 Å². The number of sulfonamides is 1. The van der Waals surface area contributed by atoms with Gasteiger partial charge in [0.15, 0.2) is 0 Å². The first-order chi connectivity index (χ1) is 12.0. The van der Waals surface area contributed by atoms with Gasteiger partial charge in [-0.2, -0.15) is 4.31 Å². The number of hydrogen-bond donors (Lipinski definition) is 1. The Morgan fingerprint density at radius 2 is 1.88 bits per heavy atom. The highest BCUT2D eigenvalue weighted by Gasteiger charge is 2.24. The normalized spacial score (nSPS) is 13.9. The first kappa shape index (κ1) is 17.6. The predicted octanol–water partition coefficient (Wildman–Crippen LogP) is 2.45. The zero-order chi connectivity index (χ0) is 18.0. The van der Waals surface area contributed by atoms with E-state index in [4.69, 9.17) is 4.52 Å². The highest BCUT2D eigenvalue weighted by Crippen LogP contribution is 2.28. The maximum absolute atomic E-state index is 12.5. The SMILES string of the molecule is CCN(CC)S(=O)(=O)c1ccc(C(=O)Nc2onc3c2CCC3)cc1. The number of aryl methyl sites for hydroxylation is 1. The Bertz CT molecular complexity index is 868. The molecule has 2 aromatic rings. The number of anilines is 1. The predicted molar refractivity (Wildman–Crippen MR) is 93.0 cm³/mol. The van der Waals surface area contributed by atoms with Crippen LogP contribution in [0.3, 0.4) is 0 Å². The second kappa shape index (κ2) is 6.97. The number of nitrogens with zero attached hydrogens (tertiary/aromatic N) is 2. The molecule has 3 rings (SSSR count). The Hall–Kier alpha value is -2.19. The van der Waals surface area contributed by atoms with Crippen LogP contribution in [0.1, 0.15) is 41.9 Å². The molecule has 0 aliphatic heterocycles. The van der Waals surface area contributed by atoms with E-state index in [1.165, 1.54) is 28.6 Å². The Labute approximate surface area is 147 Å². The monoisotopic (exact) mass is 363 g/mol. The van der Waals surface area contributed by atoms with Gasteiger partial charge in [-0.25, -0.2) is 8.42 Å². The zero-order valence-electron chi connectivity index (χ0n) is 14.3. The van der Waals surface area contributed by atoms with Crippen LogP contribution in [-0.2, 0) is 22.9 Å². The van der Waals surface area contributed by atoms with Crippen molar-refractivity contribution in [3.8, 4) is 0 Å². The van der Waals surface area contributed by atoms with E-state index in [0.29, 0.717) is 24.5 Å². The van der Waals surface area contributed by atoms with Crippen molar-refractivity contribution in [2.45, 2.75) is 38.0 Å². The van der Waals surface area contributed by atoms with E-state index in [-0.39, 0.29) is 10.8 Å². The summed E-state index contributed by atoms with van der Waals surface area (Å²) in [7, 11) is -3.53. The Balaban J connectivity index is 1.77. The number of aromatic nitrogens is 1. The van der Waals surface area contributed by atoms with Gasteiger partial charge in [0, 0.05) is 24.2 Å². The second-order valence-corrected chi connectivity index (χ2v) is 7.80. The number of rotatable bonds is 6. The number of carbonyl (C=O) groups excluding carboxylic acids is 1. The highest BCUT2D eigenvalue weighted by molar-refractivity contribution is 7.89. The van der Waals surface area contributed by atoms with Gasteiger partial charge in [-0.3, -0.25) is 10.1 Å². The summed E-state index contributed by atoms with van der Waals surface area (Å²) in [5.74, 6) is 0.0370. The van der Waals surface area contributed by atoms with Crippen LogP contribution in [0.25, 0.3) is 0 Å². The molecular formula is C17H21N3O4S. The van der Waals surface area contributed by atoms with Crippen LogP contribution in [0, 0.1) is 0 Å². The summed E-state index contributed by atoms with van der Waals surface area (Å²) in [4.78, 5) is 12.5. The molecule has 1 heterocycles. The largest absolute Gasteiger partial charge is 0.338 e. The van der Waals surface area contributed by atoms with Crippen molar-refractivity contribution >= 4 is 21.8 Å².